The fraction of sp³-hybridized carbons (Fsp3) is 0.0833. The third kappa shape index (κ3) is 2.66. The Morgan fingerprint density at radius 3 is 2.56 bits per heavy atom. The largest absolute Gasteiger partial charge is 0.317 e. The van der Waals surface area contributed by atoms with Crippen molar-refractivity contribution in [2.24, 2.45) is 4.99 Å². The van der Waals surface area contributed by atoms with E-state index in [-0.39, 0.29) is 17.6 Å². The summed E-state index contributed by atoms with van der Waals surface area (Å²) in [6.45, 7) is 1.91. The minimum atomic E-state index is -0.414. The Balaban J connectivity index is 1.66. The number of pyridine rings is 1. The van der Waals surface area contributed by atoms with Gasteiger partial charge >= 0.3 is 0 Å². The molecule has 4 heterocycles. The normalized spacial score (nSPS) is 16.6. The number of anilines is 2. The van der Waals surface area contributed by atoms with Crippen LogP contribution in [0.1, 0.15) is 22.9 Å². The smallest absolute Gasteiger partial charge is 0.291 e. The predicted octanol–water partition coefficient (Wildman–Crippen LogP) is 4.31. The molecule has 2 aromatic heterocycles. The number of benzene rings is 2. The number of carbonyl (C=O) groups excluding carboxylic acids is 1. The van der Waals surface area contributed by atoms with Gasteiger partial charge in [-0.2, -0.15) is 9.78 Å². The SMILES string of the molecule is Cc1nn(-c2ccccn2)c2c1C(c1ccc(F)cc1)N1C(=N2)C(=O)Nc2ccccc21. The molecule has 32 heavy (non-hydrogen) atoms. The molecule has 2 aromatic carbocycles. The second kappa shape index (κ2) is 6.84. The van der Waals surface area contributed by atoms with Gasteiger partial charge in [0, 0.05) is 11.8 Å². The van der Waals surface area contributed by atoms with Gasteiger partial charge in [-0.1, -0.05) is 30.3 Å². The number of halogens is 1. The summed E-state index contributed by atoms with van der Waals surface area (Å²) in [4.78, 5) is 24.2. The van der Waals surface area contributed by atoms with Crippen LogP contribution in [0, 0.1) is 12.7 Å². The van der Waals surface area contributed by atoms with E-state index in [0.717, 1.165) is 22.5 Å². The Bertz CT molecular complexity index is 1390. The Morgan fingerprint density at radius 1 is 1.00 bits per heavy atom. The number of aromatic nitrogens is 3. The van der Waals surface area contributed by atoms with Crippen molar-refractivity contribution in [3.05, 3.63) is 95.6 Å². The highest BCUT2D eigenvalue weighted by Gasteiger charge is 2.42. The van der Waals surface area contributed by atoms with E-state index in [1.54, 1.807) is 23.0 Å². The number of hydrogen-bond acceptors (Lipinski definition) is 5. The first-order valence-corrected chi connectivity index (χ1v) is 10.2. The van der Waals surface area contributed by atoms with Crippen molar-refractivity contribution in [3.63, 3.8) is 0 Å². The summed E-state index contributed by atoms with van der Waals surface area (Å²) in [6.07, 6.45) is 1.68. The lowest BCUT2D eigenvalue weighted by atomic mass is 9.93. The van der Waals surface area contributed by atoms with Crippen LogP contribution < -0.4 is 10.2 Å². The van der Waals surface area contributed by atoms with Gasteiger partial charge in [-0.3, -0.25) is 4.79 Å². The average Bonchev–Trinajstić information content (AvgIpc) is 3.15. The fourth-order valence-corrected chi connectivity index (χ4v) is 4.34. The Hall–Kier alpha value is -4.33. The molecule has 0 bridgehead atoms. The molecule has 0 saturated carbocycles. The van der Waals surface area contributed by atoms with Crippen LogP contribution in [0.4, 0.5) is 21.6 Å². The third-order valence-electron chi connectivity index (χ3n) is 5.72. The first-order valence-electron chi connectivity index (χ1n) is 10.2. The summed E-state index contributed by atoms with van der Waals surface area (Å²) in [6, 6.07) is 19.0. The maximum Gasteiger partial charge on any atom is 0.291 e. The third-order valence-corrected chi connectivity index (χ3v) is 5.72. The number of para-hydroxylation sites is 2. The summed E-state index contributed by atoms with van der Waals surface area (Å²) in [5, 5.41) is 7.63. The van der Waals surface area contributed by atoms with Gasteiger partial charge in [0.05, 0.1) is 23.1 Å². The standard InChI is InChI=1S/C24H17FN6O/c1-14-20-21(15-9-11-16(25)12-10-15)30-18-7-3-2-6-17(18)27-24(32)23(30)28-22(20)31(29-14)19-8-4-5-13-26-19/h2-13,21H,1H3,(H,27,32). The fourth-order valence-electron chi connectivity index (χ4n) is 4.34. The molecule has 6 rings (SSSR count). The second-order valence-electron chi connectivity index (χ2n) is 7.65. The van der Waals surface area contributed by atoms with Crippen molar-refractivity contribution in [2.75, 3.05) is 10.2 Å². The minimum absolute atomic E-state index is 0.252. The number of nitrogens with one attached hydrogen (secondary N) is 1. The molecule has 2 aliphatic heterocycles. The molecule has 2 aliphatic rings. The van der Waals surface area contributed by atoms with Crippen molar-refractivity contribution < 1.29 is 9.18 Å². The van der Waals surface area contributed by atoms with Gasteiger partial charge in [0.2, 0.25) is 5.84 Å². The van der Waals surface area contributed by atoms with E-state index in [0.29, 0.717) is 17.3 Å². The Kier molecular flexibility index (Phi) is 3.94. The van der Waals surface area contributed by atoms with E-state index < -0.39 is 6.04 Å². The molecule has 4 aromatic rings. The van der Waals surface area contributed by atoms with E-state index in [4.69, 9.17) is 10.1 Å². The predicted molar refractivity (Wildman–Crippen MR) is 119 cm³/mol. The molecule has 0 spiro atoms. The van der Waals surface area contributed by atoms with Crippen LogP contribution in [0.25, 0.3) is 5.82 Å². The number of nitrogens with zero attached hydrogens (tertiary/aromatic N) is 5. The van der Waals surface area contributed by atoms with Crippen LogP contribution in [0.5, 0.6) is 0 Å². The van der Waals surface area contributed by atoms with Gasteiger partial charge in [0.1, 0.15) is 5.82 Å². The molecule has 1 N–H and O–H groups in total. The first kappa shape index (κ1) is 18.4. The van der Waals surface area contributed by atoms with Crippen LogP contribution in [0.2, 0.25) is 0 Å². The lowest BCUT2D eigenvalue weighted by molar-refractivity contribution is -0.110. The number of amidine groups is 1. The molecule has 0 aliphatic carbocycles. The zero-order valence-corrected chi connectivity index (χ0v) is 17.0. The molecule has 0 saturated heterocycles. The van der Waals surface area contributed by atoms with E-state index >= 15 is 0 Å². The molecular formula is C24H17FN6O. The summed E-state index contributed by atoms with van der Waals surface area (Å²) >= 11 is 0. The first-order chi connectivity index (χ1) is 15.6. The summed E-state index contributed by atoms with van der Waals surface area (Å²) < 4.78 is 15.4. The van der Waals surface area contributed by atoms with Crippen LogP contribution in [0.15, 0.2) is 77.9 Å². The molecular weight excluding hydrogens is 407 g/mol. The van der Waals surface area contributed by atoms with Gasteiger partial charge in [-0.25, -0.2) is 14.4 Å². The number of fused-ring (bicyclic) bond motifs is 4. The van der Waals surface area contributed by atoms with E-state index in [9.17, 15) is 9.18 Å². The molecule has 1 amide bonds. The topological polar surface area (TPSA) is 75.4 Å². The molecule has 156 valence electrons. The summed E-state index contributed by atoms with van der Waals surface area (Å²) in [7, 11) is 0. The number of amides is 1. The molecule has 1 atom stereocenters. The molecule has 7 nitrogen and oxygen atoms in total. The van der Waals surface area contributed by atoms with Crippen molar-refractivity contribution in [3.8, 4) is 5.82 Å². The molecule has 0 radical (unpaired) electrons. The van der Waals surface area contributed by atoms with Gasteiger partial charge < -0.3 is 10.2 Å². The Morgan fingerprint density at radius 2 is 1.78 bits per heavy atom. The minimum Gasteiger partial charge on any atom is -0.317 e. The van der Waals surface area contributed by atoms with E-state index in [1.165, 1.54) is 12.1 Å². The van der Waals surface area contributed by atoms with Crippen molar-refractivity contribution in [2.45, 2.75) is 13.0 Å². The van der Waals surface area contributed by atoms with Gasteiger partial charge in [0.15, 0.2) is 11.6 Å². The van der Waals surface area contributed by atoms with Crippen LogP contribution in [0.3, 0.4) is 0 Å². The molecule has 1 unspecified atom stereocenters. The van der Waals surface area contributed by atoms with Crippen molar-refractivity contribution in [1.82, 2.24) is 14.8 Å². The van der Waals surface area contributed by atoms with Crippen LogP contribution in [-0.4, -0.2) is 26.5 Å². The van der Waals surface area contributed by atoms with Crippen LogP contribution in [-0.2, 0) is 4.79 Å². The molecule has 0 fully saturated rings. The zero-order chi connectivity index (χ0) is 21.8. The van der Waals surface area contributed by atoms with Gasteiger partial charge in [-0.15, -0.1) is 0 Å². The average molecular weight is 424 g/mol. The summed E-state index contributed by atoms with van der Waals surface area (Å²) in [5.41, 5.74) is 3.94. The lowest BCUT2D eigenvalue weighted by Gasteiger charge is -2.40. The Labute approximate surface area is 182 Å². The quantitative estimate of drug-likeness (QED) is 0.520. The highest BCUT2D eigenvalue weighted by molar-refractivity contribution is 6.50. The highest BCUT2D eigenvalue weighted by atomic mass is 19.1. The number of rotatable bonds is 2. The molecule has 8 heteroatoms. The number of aryl methyl sites for hydroxylation is 1. The maximum atomic E-state index is 13.8. The van der Waals surface area contributed by atoms with Crippen molar-refractivity contribution >= 4 is 28.9 Å². The second-order valence-corrected chi connectivity index (χ2v) is 7.65. The van der Waals surface area contributed by atoms with Crippen molar-refractivity contribution in [1.29, 1.82) is 0 Å². The lowest BCUT2D eigenvalue weighted by Crippen LogP contribution is -2.48. The maximum absolute atomic E-state index is 13.8. The van der Waals surface area contributed by atoms with Crippen LogP contribution >= 0.6 is 0 Å². The zero-order valence-electron chi connectivity index (χ0n) is 17.0. The van der Waals surface area contributed by atoms with Gasteiger partial charge in [0.25, 0.3) is 5.91 Å². The number of carbonyl (C=O) groups is 1. The van der Waals surface area contributed by atoms with E-state index in [1.807, 2.05) is 54.3 Å². The van der Waals surface area contributed by atoms with Gasteiger partial charge in [-0.05, 0) is 48.9 Å². The van der Waals surface area contributed by atoms with E-state index in [2.05, 4.69) is 10.3 Å². The monoisotopic (exact) mass is 424 g/mol. The number of hydrogen-bond donors (Lipinski definition) is 1. The number of aliphatic imine (C=N–C) groups is 1. The summed E-state index contributed by atoms with van der Waals surface area (Å²) in [5.74, 6) is 0.757. The highest BCUT2D eigenvalue weighted by Crippen LogP contribution is 2.47.